The molecule has 0 heterocycles. The van der Waals surface area contributed by atoms with Gasteiger partial charge in [-0.25, -0.2) is 0 Å². The molecule has 0 aromatic heterocycles. The number of carbonyl (C=O) groups excluding carboxylic acids is 1. The minimum absolute atomic E-state index is 0.0141. The summed E-state index contributed by atoms with van der Waals surface area (Å²) in [6.45, 7) is 2.27. The first kappa shape index (κ1) is 16.7. The molecule has 0 aliphatic rings. The summed E-state index contributed by atoms with van der Waals surface area (Å²) < 4.78 is 10.5. The number of nitrogens with zero attached hydrogens (tertiary/aromatic N) is 1. The molecule has 0 unspecified atom stereocenters. The van der Waals surface area contributed by atoms with Crippen LogP contribution in [0.4, 0.5) is 0 Å². The van der Waals surface area contributed by atoms with Crippen molar-refractivity contribution >= 4 is 5.91 Å². The van der Waals surface area contributed by atoms with Crippen molar-refractivity contribution in [3.63, 3.8) is 0 Å². The lowest BCUT2D eigenvalue weighted by Gasteiger charge is -2.19. The van der Waals surface area contributed by atoms with Gasteiger partial charge in [-0.2, -0.15) is 0 Å². The van der Waals surface area contributed by atoms with Crippen LogP contribution in [0.15, 0.2) is 36.4 Å². The molecule has 0 aliphatic heterocycles. The first-order valence-electron chi connectivity index (χ1n) is 7.22. The summed E-state index contributed by atoms with van der Waals surface area (Å²) in [4.78, 5) is 14.1. The van der Waals surface area contributed by atoms with Crippen molar-refractivity contribution in [2.24, 2.45) is 0 Å². The SMILES string of the molecule is COc1ccc(CN(C)C(=O)c2cc(C)ccc2O)cc1OC. The minimum atomic E-state index is -0.235. The summed E-state index contributed by atoms with van der Waals surface area (Å²) in [6, 6.07) is 10.5. The number of rotatable bonds is 5. The third-order valence-corrected chi connectivity index (χ3v) is 3.60. The molecule has 0 fully saturated rings. The lowest BCUT2D eigenvalue weighted by molar-refractivity contribution is 0.0782. The Morgan fingerprint density at radius 3 is 2.43 bits per heavy atom. The average molecular weight is 315 g/mol. The lowest BCUT2D eigenvalue weighted by Crippen LogP contribution is -2.26. The third kappa shape index (κ3) is 3.74. The van der Waals surface area contributed by atoms with Crippen LogP contribution in [0.1, 0.15) is 21.5 Å². The fraction of sp³-hybridized carbons (Fsp3) is 0.278. The van der Waals surface area contributed by atoms with Gasteiger partial charge in [-0.05, 0) is 36.8 Å². The maximum absolute atomic E-state index is 12.5. The maximum Gasteiger partial charge on any atom is 0.257 e. The number of carbonyl (C=O) groups is 1. The number of ether oxygens (including phenoxy) is 2. The molecule has 0 saturated carbocycles. The highest BCUT2D eigenvalue weighted by Crippen LogP contribution is 2.28. The summed E-state index contributed by atoms with van der Waals surface area (Å²) in [6.07, 6.45) is 0. The Morgan fingerprint density at radius 1 is 1.09 bits per heavy atom. The molecule has 5 nitrogen and oxygen atoms in total. The van der Waals surface area contributed by atoms with Gasteiger partial charge in [0.2, 0.25) is 0 Å². The van der Waals surface area contributed by atoms with Crippen molar-refractivity contribution in [1.82, 2.24) is 4.90 Å². The Kier molecular flexibility index (Phi) is 5.11. The molecular weight excluding hydrogens is 294 g/mol. The van der Waals surface area contributed by atoms with Crippen LogP contribution in [-0.2, 0) is 6.54 Å². The quantitative estimate of drug-likeness (QED) is 0.921. The molecule has 0 aliphatic carbocycles. The number of phenols is 1. The fourth-order valence-electron chi connectivity index (χ4n) is 2.35. The van der Waals surface area contributed by atoms with Crippen LogP contribution >= 0.6 is 0 Å². The average Bonchev–Trinajstić information content (AvgIpc) is 2.56. The standard InChI is InChI=1S/C18H21NO4/c1-12-5-7-15(20)14(9-12)18(21)19(2)11-13-6-8-16(22-3)17(10-13)23-4/h5-10,20H,11H2,1-4H3. The molecule has 1 N–H and O–H groups in total. The molecule has 0 radical (unpaired) electrons. The molecule has 0 bridgehead atoms. The second kappa shape index (κ2) is 7.05. The molecule has 2 aromatic rings. The number of aryl methyl sites for hydroxylation is 1. The van der Waals surface area contributed by atoms with E-state index < -0.39 is 0 Å². The van der Waals surface area contributed by atoms with Crippen molar-refractivity contribution in [1.29, 1.82) is 0 Å². The Labute approximate surface area is 136 Å². The number of benzene rings is 2. The van der Waals surface area contributed by atoms with Gasteiger partial charge in [0.1, 0.15) is 5.75 Å². The molecule has 0 atom stereocenters. The fourth-order valence-corrected chi connectivity index (χ4v) is 2.35. The molecule has 5 heteroatoms. The highest BCUT2D eigenvalue weighted by atomic mass is 16.5. The first-order valence-corrected chi connectivity index (χ1v) is 7.22. The highest BCUT2D eigenvalue weighted by molar-refractivity contribution is 5.96. The van der Waals surface area contributed by atoms with E-state index in [1.807, 2.05) is 19.1 Å². The Bertz CT molecular complexity index is 712. The zero-order valence-corrected chi connectivity index (χ0v) is 13.8. The van der Waals surface area contributed by atoms with Crippen molar-refractivity contribution in [3.8, 4) is 17.2 Å². The van der Waals surface area contributed by atoms with Crippen molar-refractivity contribution < 1.29 is 19.4 Å². The van der Waals surface area contributed by atoms with E-state index in [0.717, 1.165) is 11.1 Å². The largest absolute Gasteiger partial charge is 0.507 e. The van der Waals surface area contributed by atoms with E-state index in [1.165, 1.54) is 6.07 Å². The van der Waals surface area contributed by atoms with Gasteiger partial charge in [-0.3, -0.25) is 4.79 Å². The molecule has 2 rings (SSSR count). The molecule has 23 heavy (non-hydrogen) atoms. The smallest absolute Gasteiger partial charge is 0.257 e. The van der Waals surface area contributed by atoms with E-state index in [-0.39, 0.29) is 11.7 Å². The van der Waals surface area contributed by atoms with Gasteiger partial charge in [-0.15, -0.1) is 0 Å². The predicted molar refractivity (Wildman–Crippen MR) is 88.2 cm³/mol. The van der Waals surface area contributed by atoms with E-state index >= 15 is 0 Å². The van der Waals surface area contributed by atoms with Crippen LogP contribution in [-0.4, -0.2) is 37.2 Å². The molecule has 2 aromatic carbocycles. The number of aromatic hydroxyl groups is 1. The molecular formula is C18H21NO4. The van der Waals surface area contributed by atoms with Crippen molar-refractivity contribution in [2.45, 2.75) is 13.5 Å². The second-order valence-electron chi connectivity index (χ2n) is 5.37. The molecule has 0 saturated heterocycles. The number of methoxy groups -OCH3 is 2. The summed E-state index contributed by atoms with van der Waals surface area (Å²) in [7, 11) is 4.84. The number of amides is 1. The van der Waals surface area contributed by atoms with Crippen LogP contribution in [0.5, 0.6) is 17.2 Å². The Balaban J connectivity index is 2.19. The van der Waals surface area contributed by atoms with E-state index in [1.54, 1.807) is 44.4 Å². The van der Waals surface area contributed by atoms with Gasteiger partial charge >= 0.3 is 0 Å². The zero-order valence-electron chi connectivity index (χ0n) is 13.8. The summed E-state index contributed by atoms with van der Waals surface area (Å²) in [5.74, 6) is 1.01. The summed E-state index contributed by atoms with van der Waals surface area (Å²) in [5, 5.41) is 9.89. The van der Waals surface area contributed by atoms with Gasteiger partial charge in [-0.1, -0.05) is 17.7 Å². The van der Waals surface area contributed by atoms with Gasteiger partial charge in [0, 0.05) is 13.6 Å². The molecule has 122 valence electrons. The van der Waals surface area contributed by atoms with E-state index in [0.29, 0.717) is 23.6 Å². The number of phenolic OH excluding ortho intramolecular Hbond substituents is 1. The van der Waals surface area contributed by atoms with E-state index in [2.05, 4.69) is 0 Å². The first-order chi connectivity index (χ1) is 11.0. The normalized spacial score (nSPS) is 10.3. The van der Waals surface area contributed by atoms with Gasteiger partial charge in [0.15, 0.2) is 11.5 Å². The van der Waals surface area contributed by atoms with Crippen LogP contribution in [0, 0.1) is 6.92 Å². The van der Waals surface area contributed by atoms with Crippen LogP contribution < -0.4 is 9.47 Å². The zero-order chi connectivity index (χ0) is 17.0. The lowest BCUT2D eigenvalue weighted by atomic mass is 10.1. The minimum Gasteiger partial charge on any atom is -0.507 e. The summed E-state index contributed by atoms with van der Waals surface area (Å²) >= 11 is 0. The number of hydrogen-bond donors (Lipinski definition) is 1. The summed E-state index contributed by atoms with van der Waals surface area (Å²) in [5.41, 5.74) is 2.13. The van der Waals surface area contributed by atoms with Crippen LogP contribution in [0.25, 0.3) is 0 Å². The predicted octanol–water partition coefficient (Wildman–Crippen LogP) is 2.99. The van der Waals surface area contributed by atoms with E-state index in [4.69, 9.17) is 9.47 Å². The topological polar surface area (TPSA) is 59.0 Å². The Hall–Kier alpha value is -2.69. The van der Waals surface area contributed by atoms with Crippen molar-refractivity contribution in [2.75, 3.05) is 21.3 Å². The van der Waals surface area contributed by atoms with Crippen LogP contribution in [0.2, 0.25) is 0 Å². The van der Waals surface area contributed by atoms with Gasteiger partial charge in [0.05, 0.1) is 19.8 Å². The van der Waals surface area contributed by atoms with Crippen molar-refractivity contribution in [3.05, 3.63) is 53.1 Å². The monoisotopic (exact) mass is 315 g/mol. The Morgan fingerprint density at radius 2 is 1.78 bits per heavy atom. The van der Waals surface area contributed by atoms with Gasteiger partial charge in [0.25, 0.3) is 5.91 Å². The maximum atomic E-state index is 12.5. The second-order valence-corrected chi connectivity index (χ2v) is 5.37. The molecule has 1 amide bonds. The molecule has 0 spiro atoms. The number of hydrogen-bond acceptors (Lipinski definition) is 4. The van der Waals surface area contributed by atoms with Crippen LogP contribution in [0.3, 0.4) is 0 Å². The van der Waals surface area contributed by atoms with Gasteiger partial charge < -0.3 is 19.5 Å². The highest BCUT2D eigenvalue weighted by Gasteiger charge is 2.17. The third-order valence-electron chi connectivity index (χ3n) is 3.60. The van der Waals surface area contributed by atoms with E-state index in [9.17, 15) is 9.90 Å².